The summed E-state index contributed by atoms with van der Waals surface area (Å²) in [6, 6.07) is 19.6. The number of hydrogen-bond donors (Lipinski definition) is 1. The highest BCUT2D eigenvalue weighted by molar-refractivity contribution is 5.81. The highest BCUT2D eigenvalue weighted by atomic mass is 16.5. The summed E-state index contributed by atoms with van der Waals surface area (Å²) in [5.74, 6) is 2.02. The molecule has 2 aromatic heterocycles. The van der Waals surface area contributed by atoms with Gasteiger partial charge in [-0.05, 0) is 37.4 Å². The molecule has 0 atom stereocenters. The monoisotopic (exact) mass is 443 g/mol. The lowest BCUT2D eigenvalue weighted by Crippen LogP contribution is -2.27. The Balaban J connectivity index is 1.46. The second-order valence-electron chi connectivity index (χ2n) is 7.53. The number of nitrogens with one attached hydrogen (secondary N) is 1. The summed E-state index contributed by atoms with van der Waals surface area (Å²) in [6.07, 6.45) is 1.72. The van der Waals surface area contributed by atoms with E-state index in [1.54, 1.807) is 13.3 Å². The van der Waals surface area contributed by atoms with Crippen LogP contribution in [-0.4, -0.2) is 53.2 Å². The molecule has 0 saturated heterocycles. The molecule has 4 aromatic rings. The number of pyridine rings is 1. The Hall–Kier alpha value is -3.71. The molecule has 0 spiro atoms. The fraction of sp³-hybridized carbons (Fsp3) is 0.269. The van der Waals surface area contributed by atoms with E-state index in [0.29, 0.717) is 35.0 Å². The average molecular weight is 444 g/mol. The molecule has 7 heteroatoms. The highest BCUT2D eigenvalue weighted by Crippen LogP contribution is 2.29. The maximum atomic E-state index is 5.86. The molecule has 33 heavy (non-hydrogen) atoms. The Morgan fingerprint density at radius 1 is 0.909 bits per heavy atom. The molecule has 7 nitrogen and oxygen atoms in total. The smallest absolute Gasteiger partial charge is 0.240 e. The van der Waals surface area contributed by atoms with E-state index >= 15 is 0 Å². The van der Waals surface area contributed by atoms with Crippen LogP contribution in [-0.2, 0) is 0 Å². The SMILES string of the molecule is CCN(CC)CCOc1ccc(Nc2cc3nc(OC)c(-c4ccccc4)nc3cn2)cc1. The predicted molar refractivity (Wildman–Crippen MR) is 132 cm³/mol. The van der Waals surface area contributed by atoms with Crippen molar-refractivity contribution in [1.82, 2.24) is 19.9 Å². The van der Waals surface area contributed by atoms with E-state index < -0.39 is 0 Å². The first-order valence-electron chi connectivity index (χ1n) is 11.2. The molecule has 4 rings (SSSR count). The molecular weight excluding hydrogens is 414 g/mol. The molecule has 0 amide bonds. The molecule has 0 aliphatic carbocycles. The van der Waals surface area contributed by atoms with Crippen molar-refractivity contribution in [3.8, 4) is 22.9 Å². The third-order valence-corrected chi connectivity index (χ3v) is 5.46. The van der Waals surface area contributed by atoms with Gasteiger partial charge in [0.1, 0.15) is 29.4 Å². The van der Waals surface area contributed by atoms with Gasteiger partial charge in [0.25, 0.3) is 0 Å². The second kappa shape index (κ2) is 10.7. The zero-order valence-electron chi connectivity index (χ0n) is 19.3. The fourth-order valence-electron chi connectivity index (χ4n) is 3.55. The molecule has 0 saturated carbocycles. The van der Waals surface area contributed by atoms with Gasteiger partial charge in [-0.3, -0.25) is 0 Å². The third-order valence-electron chi connectivity index (χ3n) is 5.46. The van der Waals surface area contributed by atoms with Gasteiger partial charge in [-0.15, -0.1) is 0 Å². The molecule has 1 N–H and O–H groups in total. The van der Waals surface area contributed by atoms with Crippen LogP contribution in [0.1, 0.15) is 13.8 Å². The summed E-state index contributed by atoms with van der Waals surface area (Å²) in [4.78, 5) is 16.2. The van der Waals surface area contributed by atoms with Gasteiger partial charge in [0.15, 0.2) is 0 Å². The zero-order chi connectivity index (χ0) is 23.0. The number of benzene rings is 2. The predicted octanol–water partition coefficient (Wildman–Crippen LogP) is 5.16. The number of ether oxygens (including phenoxy) is 2. The van der Waals surface area contributed by atoms with Gasteiger partial charge in [-0.1, -0.05) is 44.2 Å². The lowest BCUT2D eigenvalue weighted by atomic mass is 10.1. The van der Waals surface area contributed by atoms with Crippen molar-refractivity contribution >= 4 is 22.5 Å². The summed E-state index contributed by atoms with van der Waals surface area (Å²) in [5, 5.41) is 3.32. The Labute approximate surface area is 194 Å². The van der Waals surface area contributed by atoms with Gasteiger partial charge < -0.3 is 19.7 Å². The van der Waals surface area contributed by atoms with E-state index in [-0.39, 0.29) is 0 Å². The number of hydrogen-bond acceptors (Lipinski definition) is 7. The van der Waals surface area contributed by atoms with Crippen LogP contribution in [0.4, 0.5) is 11.5 Å². The maximum absolute atomic E-state index is 5.86. The number of methoxy groups -OCH3 is 1. The van der Waals surface area contributed by atoms with Crippen LogP contribution in [0.5, 0.6) is 11.6 Å². The van der Waals surface area contributed by atoms with E-state index in [1.165, 1.54) is 0 Å². The van der Waals surface area contributed by atoms with Crippen LogP contribution in [0.2, 0.25) is 0 Å². The average Bonchev–Trinajstić information content (AvgIpc) is 2.87. The van der Waals surface area contributed by atoms with Gasteiger partial charge in [0, 0.05) is 23.9 Å². The Morgan fingerprint density at radius 2 is 1.67 bits per heavy atom. The van der Waals surface area contributed by atoms with E-state index in [4.69, 9.17) is 14.5 Å². The molecule has 170 valence electrons. The van der Waals surface area contributed by atoms with Crippen LogP contribution in [0.3, 0.4) is 0 Å². The minimum atomic E-state index is 0.483. The summed E-state index contributed by atoms with van der Waals surface area (Å²) in [5.41, 5.74) is 3.98. The lowest BCUT2D eigenvalue weighted by Gasteiger charge is -2.18. The number of nitrogens with zero attached hydrogens (tertiary/aromatic N) is 4. The summed E-state index contributed by atoms with van der Waals surface area (Å²) < 4.78 is 11.4. The standard InChI is InChI=1S/C26H29N5O2/c1-4-31(5-2)15-16-33-21-13-11-20(12-14-21)28-24-17-22-23(18-27-24)29-25(26(30-22)32-3)19-9-7-6-8-10-19/h6-14,17-18H,4-5,15-16H2,1-3H3,(H,27,28). The first-order valence-corrected chi connectivity index (χ1v) is 11.2. The van der Waals surface area contributed by atoms with Crippen LogP contribution in [0.15, 0.2) is 66.9 Å². The Morgan fingerprint density at radius 3 is 2.36 bits per heavy atom. The molecule has 2 aromatic carbocycles. The maximum Gasteiger partial charge on any atom is 0.240 e. The Kier molecular flexibility index (Phi) is 7.32. The van der Waals surface area contributed by atoms with Crippen LogP contribution < -0.4 is 14.8 Å². The van der Waals surface area contributed by atoms with E-state index in [2.05, 4.69) is 34.0 Å². The molecule has 0 radical (unpaired) electrons. The molecule has 2 heterocycles. The number of anilines is 2. The van der Waals surface area contributed by atoms with Gasteiger partial charge in [-0.25, -0.2) is 15.0 Å². The normalized spacial score (nSPS) is 11.0. The van der Waals surface area contributed by atoms with E-state index in [1.807, 2.05) is 60.7 Å². The Bertz CT molecular complexity index is 1180. The lowest BCUT2D eigenvalue weighted by molar-refractivity contribution is 0.223. The summed E-state index contributed by atoms with van der Waals surface area (Å²) in [7, 11) is 1.61. The molecule has 0 aliphatic rings. The van der Waals surface area contributed by atoms with Crippen molar-refractivity contribution in [2.75, 3.05) is 38.7 Å². The van der Waals surface area contributed by atoms with Gasteiger partial charge >= 0.3 is 0 Å². The van der Waals surface area contributed by atoms with Gasteiger partial charge in [0.05, 0.1) is 18.8 Å². The number of likely N-dealkylation sites (N-methyl/N-ethyl adjacent to an activating group) is 1. The molecule has 0 aliphatic heterocycles. The summed E-state index contributed by atoms with van der Waals surface area (Å²) >= 11 is 0. The van der Waals surface area contributed by atoms with Crippen LogP contribution in [0.25, 0.3) is 22.3 Å². The molecule has 0 bridgehead atoms. The van der Waals surface area contributed by atoms with Crippen LogP contribution in [0, 0.1) is 0 Å². The first kappa shape index (κ1) is 22.5. The quantitative estimate of drug-likeness (QED) is 0.363. The third kappa shape index (κ3) is 5.56. The summed E-state index contributed by atoms with van der Waals surface area (Å²) in [6.45, 7) is 7.98. The minimum absolute atomic E-state index is 0.483. The number of aromatic nitrogens is 3. The molecular formula is C26H29N5O2. The van der Waals surface area contributed by atoms with Crippen molar-refractivity contribution < 1.29 is 9.47 Å². The molecule has 0 unspecified atom stereocenters. The second-order valence-corrected chi connectivity index (χ2v) is 7.53. The van der Waals surface area contributed by atoms with Crippen molar-refractivity contribution in [3.63, 3.8) is 0 Å². The van der Waals surface area contributed by atoms with Crippen LogP contribution >= 0.6 is 0 Å². The van der Waals surface area contributed by atoms with Gasteiger partial charge in [0.2, 0.25) is 5.88 Å². The van der Waals surface area contributed by atoms with Crippen molar-refractivity contribution in [3.05, 3.63) is 66.9 Å². The van der Waals surface area contributed by atoms with E-state index in [0.717, 1.165) is 36.6 Å². The number of rotatable bonds is 10. The van der Waals surface area contributed by atoms with Crippen molar-refractivity contribution in [2.45, 2.75) is 13.8 Å². The van der Waals surface area contributed by atoms with Crippen molar-refractivity contribution in [1.29, 1.82) is 0 Å². The largest absolute Gasteiger partial charge is 0.492 e. The molecule has 0 fully saturated rings. The van der Waals surface area contributed by atoms with E-state index in [9.17, 15) is 0 Å². The van der Waals surface area contributed by atoms with Gasteiger partial charge in [-0.2, -0.15) is 0 Å². The highest BCUT2D eigenvalue weighted by Gasteiger charge is 2.12. The van der Waals surface area contributed by atoms with Crippen molar-refractivity contribution in [2.24, 2.45) is 0 Å². The minimum Gasteiger partial charge on any atom is -0.492 e. The first-order chi connectivity index (χ1) is 16.2. The topological polar surface area (TPSA) is 72.4 Å². The zero-order valence-corrected chi connectivity index (χ0v) is 19.3. The fourth-order valence-corrected chi connectivity index (χ4v) is 3.55. The number of fused-ring (bicyclic) bond motifs is 1.